The maximum atomic E-state index is 11.8. The minimum absolute atomic E-state index is 0.269. The Labute approximate surface area is 104 Å². The molecule has 1 aromatic rings. The quantitative estimate of drug-likeness (QED) is 0.656. The molecule has 0 bridgehead atoms. The molecule has 0 aromatic carbocycles. The Kier molecular flexibility index (Phi) is 3.65. The first-order chi connectivity index (χ1) is 8.56. The standard InChI is InChI=1S/C11H17N3O4/c1-6-4-14(11(17)13-10(6)12-2)9-3-7(16)8(5-15)18-9/h4,7-9,15-16H,3,5H2,1-2H3,(H,12,13,17)/t7-,8+,9-/m1/s1. The number of hydrogen-bond donors (Lipinski definition) is 3. The van der Waals surface area contributed by atoms with Crippen LogP contribution in [0.3, 0.4) is 0 Å². The van der Waals surface area contributed by atoms with E-state index in [1.165, 1.54) is 4.57 Å². The van der Waals surface area contributed by atoms with Crippen LogP contribution >= 0.6 is 0 Å². The van der Waals surface area contributed by atoms with Crippen LogP contribution in [0.2, 0.25) is 0 Å². The van der Waals surface area contributed by atoms with E-state index < -0.39 is 24.1 Å². The van der Waals surface area contributed by atoms with E-state index in [1.54, 1.807) is 13.2 Å². The number of rotatable bonds is 3. The number of aromatic nitrogens is 2. The number of anilines is 1. The third-order valence-electron chi connectivity index (χ3n) is 3.07. The molecule has 18 heavy (non-hydrogen) atoms. The van der Waals surface area contributed by atoms with Gasteiger partial charge in [-0.2, -0.15) is 4.98 Å². The van der Waals surface area contributed by atoms with Gasteiger partial charge in [0.2, 0.25) is 0 Å². The molecule has 1 fully saturated rings. The lowest BCUT2D eigenvalue weighted by Gasteiger charge is -2.15. The van der Waals surface area contributed by atoms with Crippen molar-refractivity contribution in [1.82, 2.24) is 9.55 Å². The van der Waals surface area contributed by atoms with Crippen molar-refractivity contribution in [3.05, 3.63) is 22.2 Å². The molecule has 0 radical (unpaired) electrons. The van der Waals surface area contributed by atoms with Crippen molar-refractivity contribution < 1.29 is 14.9 Å². The molecule has 7 nitrogen and oxygen atoms in total. The van der Waals surface area contributed by atoms with Gasteiger partial charge >= 0.3 is 5.69 Å². The molecule has 7 heteroatoms. The largest absolute Gasteiger partial charge is 0.394 e. The fourth-order valence-electron chi connectivity index (χ4n) is 2.08. The molecule has 0 unspecified atom stereocenters. The van der Waals surface area contributed by atoms with E-state index in [2.05, 4.69) is 10.3 Å². The molecule has 3 atom stereocenters. The van der Waals surface area contributed by atoms with Crippen molar-refractivity contribution in [3.63, 3.8) is 0 Å². The number of aliphatic hydroxyl groups excluding tert-OH is 2. The minimum atomic E-state index is -0.767. The summed E-state index contributed by atoms with van der Waals surface area (Å²) in [4.78, 5) is 15.7. The van der Waals surface area contributed by atoms with Crippen LogP contribution in [0, 0.1) is 6.92 Å². The second kappa shape index (κ2) is 5.05. The number of ether oxygens (including phenoxy) is 1. The van der Waals surface area contributed by atoms with E-state index in [0.29, 0.717) is 5.82 Å². The van der Waals surface area contributed by atoms with Gasteiger partial charge in [0, 0.05) is 25.2 Å². The molecule has 100 valence electrons. The summed E-state index contributed by atoms with van der Waals surface area (Å²) >= 11 is 0. The van der Waals surface area contributed by atoms with Crippen LogP contribution in [0.1, 0.15) is 18.2 Å². The predicted molar refractivity (Wildman–Crippen MR) is 64.4 cm³/mol. The highest BCUT2D eigenvalue weighted by molar-refractivity contribution is 5.40. The average Bonchev–Trinajstić information content (AvgIpc) is 2.72. The van der Waals surface area contributed by atoms with Crippen LogP contribution in [0.25, 0.3) is 0 Å². The molecular weight excluding hydrogens is 238 g/mol. The molecule has 1 aliphatic rings. The van der Waals surface area contributed by atoms with Gasteiger partial charge in [0.15, 0.2) is 0 Å². The fourth-order valence-corrected chi connectivity index (χ4v) is 2.08. The van der Waals surface area contributed by atoms with E-state index in [0.717, 1.165) is 5.56 Å². The van der Waals surface area contributed by atoms with E-state index in [1.807, 2.05) is 6.92 Å². The maximum absolute atomic E-state index is 11.8. The van der Waals surface area contributed by atoms with Crippen molar-refractivity contribution in [2.75, 3.05) is 19.0 Å². The Morgan fingerprint density at radius 1 is 1.67 bits per heavy atom. The Hall–Kier alpha value is -1.44. The van der Waals surface area contributed by atoms with Gasteiger partial charge in [-0.3, -0.25) is 4.57 Å². The Morgan fingerprint density at radius 3 is 2.94 bits per heavy atom. The summed E-state index contributed by atoms with van der Waals surface area (Å²) in [6.07, 6.45) is -0.0900. The fraction of sp³-hybridized carbons (Fsp3) is 0.636. The van der Waals surface area contributed by atoms with Crippen LogP contribution in [0.5, 0.6) is 0 Å². The number of hydrogen-bond acceptors (Lipinski definition) is 6. The summed E-state index contributed by atoms with van der Waals surface area (Å²) in [6, 6.07) is 0. The molecule has 0 saturated carbocycles. The summed E-state index contributed by atoms with van der Waals surface area (Å²) in [5.74, 6) is 0.522. The minimum Gasteiger partial charge on any atom is -0.394 e. The summed E-state index contributed by atoms with van der Waals surface area (Å²) in [5, 5.41) is 21.5. The Bertz CT molecular complexity index is 488. The highest BCUT2D eigenvalue weighted by atomic mass is 16.5. The van der Waals surface area contributed by atoms with Crippen LogP contribution in [-0.2, 0) is 4.74 Å². The van der Waals surface area contributed by atoms with Crippen LogP contribution < -0.4 is 11.0 Å². The zero-order valence-electron chi connectivity index (χ0n) is 10.3. The van der Waals surface area contributed by atoms with Crippen molar-refractivity contribution >= 4 is 5.82 Å². The number of aliphatic hydroxyl groups is 2. The molecule has 1 aromatic heterocycles. The third-order valence-corrected chi connectivity index (χ3v) is 3.07. The van der Waals surface area contributed by atoms with Gasteiger partial charge in [-0.05, 0) is 6.92 Å². The predicted octanol–water partition coefficient (Wildman–Crippen LogP) is -0.766. The van der Waals surface area contributed by atoms with Gasteiger partial charge < -0.3 is 20.3 Å². The lowest BCUT2D eigenvalue weighted by Crippen LogP contribution is -2.28. The summed E-state index contributed by atoms with van der Waals surface area (Å²) in [7, 11) is 1.69. The number of nitrogens with zero attached hydrogens (tertiary/aromatic N) is 2. The van der Waals surface area contributed by atoms with Gasteiger partial charge in [0.05, 0.1) is 12.7 Å². The van der Waals surface area contributed by atoms with Crippen molar-refractivity contribution in [1.29, 1.82) is 0 Å². The molecule has 1 saturated heterocycles. The van der Waals surface area contributed by atoms with Gasteiger partial charge in [-0.15, -0.1) is 0 Å². The second-order valence-electron chi connectivity index (χ2n) is 4.33. The van der Waals surface area contributed by atoms with Gasteiger partial charge in [0.25, 0.3) is 0 Å². The van der Waals surface area contributed by atoms with Crippen LogP contribution in [0.4, 0.5) is 5.82 Å². The van der Waals surface area contributed by atoms with E-state index in [-0.39, 0.29) is 13.0 Å². The maximum Gasteiger partial charge on any atom is 0.351 e. The molecule has 3 N–H and O–H groups in total. The lowest BCUT2D eigenvalue weighted by molar-refractivity contribution is -0.0459. The Morgan fingerprint density at radius 2 is 2.39 bits per heavy atom. The summed E-state index contributed by atoms with van der Waals surface area (Å²) in [6.45, 7) is 1.55. The first kappa shape index (κ1) is 13.0. The van der Waals surface area contributed by atoms with E-state index >= 15 is 0 Å². The monoisotopic (exact) mass is 255 g/mol. The lowest BCUT2D eigenvalue weighted by atomic mass is 10.2. The van der Waals surface area contributed by atoms with Gasteiger partial charge in [0.1, 0.15) is 18.1 Å². The molecule has 1 aliphatic heterocycles. The molecular formula is C11H17N3O4. The van der Waals surface area contributed by atoms with Gasteiger partial charge in [-0.25, -0.2) is 4.79 Å². The first-order valence-electron chi connectivity index (χ1n) is 5.78. The van der Waals surface area contributed by atoms with E-state index in [9.17, 15) is 9.90 Å². The first-order valence-corrected chi connectivity index (χ1v) is 5.78. The van der Waals surface area contributed by atoms with Crippen LogP contribution in [0.15, 0.2) is 11.0 Å². The Balaban J connectivity index is 2.30. The molecule has 2 heterocycles. The molecule has 0 amide bonds. The molecule has 0 spiro atoms. The average molecular weight is 255 g/mol. The SMILES string of the molecule is CNc1nc(=O)n([C@H]2C[C@@H](O)[C@H](CO)O2)cc1C. The van der Waals surface area contributed by atoms with Crippen molar-refractivity contribution in [3.8, 4) is 0 Å². The highest BCUT2D eigenvalue weighted by Gasteiger charge is 2.35. The molecule has 0 aliphatic carbocycles. The third kappa shape index (κ3) is 2.24. The normalized spacial score (nSPS) is 27.4. The van der Waals surface area contributed by atoms with E-state index in [4.69, 9.17) is 9.84 Å². The number of aryl methyl sites for hydroxylation is 1. The van der Waals surface area contributed by atoms with Crippen molar-refractivity contribution in [2.24, 2.45) is 0 Å². The van der Waals surface area contributed by atoms with Crippen molar-refractivity contribution in [2.45, 2.75) is 31.8 Å². The summed E-state index contributed by atoms with van der Waals surface area (Å²) < 4.78 is 6.76. The second-order valence-corrected chi connectivity index (χ2v) is 4.33. The van der Waals surface area contributed by atoms with Gasteiger partial charge in [-0.1, -0.05) is 0 Å². The summed E-state index contributed by atoms with van der Waals surface area (Å²) in [5.41, 5.74) is 0.364. The number of nitrogens with one attached hydrogen (secondary N) is 1. The molecule has 2 rings (SSSR count). The van der Waals surface area contributed by atoms with Crippen LogP contribution in [-0.4, -0.2) is 45.6 Å². The zero-order chi connectivity index (χ0) is 13.3. The topological polar surface area (TPSA) is 96.6 Å². The zero-order valence-corrected chi connectivity index (χ0v) is 10.3. The highest BCUT2D eigenvalue weighted by Crippen LogP contribution is 2.27. The smallest absolute Gasteiger partial charge is 0.351 e.